The number of hydrogen-bond donors (Lipinski definition) is 0. The van der Waals surface area contributed by atoms with Crippen LogP contribution in [0.3, 0.4) is 0 Å². The lowest BCUT2D eigenvalue weighted by Crippen LogP contribution is -1.84. The van der Waals surface area contributed by atoms with Crippen molar-refractivity contribution in [2.75, 3.05) is 0 Å². The van der Waals surface area contributed by atoms with Gasteiger partial charge in [0, 0.05) is 0 Å². The van der Waals surface area contributed by atoms with E-state index in [9.17, 15) is 0 Å². The molecule has 0 unspecified atom stereocenters. The third-order valence-electron chi connectivity index (χ3n) is 6.04. The number of hydrogen-bond acceptors (Lipinski definition) is 1. The van der Waals surface area contributed by atoms with Crippen molar-refractivity contribution >= 4 is 0 Å². The highest BCUT2D eigenvalue weighted by atomic mass is 14.2. The first kappa shape index (κ1) is 27.5. The van der Waals surface area contributed by atoms with Crippen LogP contribution in [-0.4, -0.2) is 0 Å². The molecule has 0 atom stereocenters. The fraction of sp³-hybridized carbons (Fsp3) is 0.926. The quantitative estimate of drug-likeness (QED) is 0.150. The lowest BCUT2D eigenvalue weighted by Gasteiger charge is -2.04. The Bertz CT molecular complexity index is 304. The third kappa shape index (κ3) is 25.5. The van der Waals surface area contributed by atoms with Crippen molar-refractivity contribution in [2.45, 2.75) is 161 Å². The standard InChI is InChI=1S/C27H52N/c1-2-3-4-5-6-7-8-9-10-11-12-13-14-15-16-17-18-19-20-21-22-23-24-25-26-27-28/h26H,2-25H2,1H3. The Morgan fingerprint density at radius 1 is 0.429 bits per heavy atom. The minimum absolute atomic E-state index is 0.982. The van der Waals surface area contributed by atoms with Crippen LogP contribution in [0, 0.1) is 17.8 Å². The van der Waals surface area contributed by atoms with Crippen LogP contribution in [0.2, 0.25) is 0 Å². The fourth-order valence-corrected chi connectivity index (χ4v) is 4.10. The van der Waals surface area contributed by atoms with Gasteiger partial charge in [-0.3, -0.25) is 0 Å². The molecule has 0 amide bonds. The summed E-state index contributed by atoms with van der Waals surface area (Å²) >= 11 is 0. The van der Waals surface area contributed by atoms with Crippen LogP contribution in [0.4, 0.5) is 0 Å². The molecule has 0 aromatic rings. The van der Waals surface area contributed by atoms with Crippen LogP contribution in [-0.2, 0) is 0 Å². The number of nitrogens with zero attached hydrogens (tertiary/aromatic N) is 1. The van der Waals surface area contributed by atoms with Gasteiger partial charge < -0.3 is 0 Å². The average Bonchev–Trinajstić information content (AvgIpc) is 2.71. The van der Waals surface area contributed by atoms with Crippen LogP contribution in [0.25, 0.3) is 0 Å². The summed E-state index contributed by atoms with van der Waals surface area (Å²) in [6, 6.07) is 2.11. The maximum Gasteiger partial charge on any atom is 0.0669 e. The normalized spacial score (nSPS) is 11.0. The minimum atomic E-state index is 0.982. The first-order chi connectivity index (χ1) is 13.9. The molecule has 0 aliphatic rings. The average molecular weight is 391 g/mol. The molecule has 0 aliphatic carbocycles. The molecule has 0 rings (SSSR count). The zero-order valence-corrected chi connectivity index (χ0v) is 19.5. The maximum absolute atomic E-state index is 8.44. The second-order valence-electron chi connectivity index (χ2n) is 8.90. The van der Waals surface area contributed by atoms with E-state index in [4.69, 9.17) is 5.26 Å². The Labute approximate surface area is 179 Å². The summed E-state index contributed by atoms with van der Waals surface area (Å²) < 4.78 is 0. The number of nitriles is 1. The smallest absolute Gasteiger partial charge is 0.0669 e. The van der Waals surface area contributed by atoms with E-state index in [1.807, 2.05) is 0 Å². The minimum Gasteiger partial charge on any atom is -0.198 e. The highest BCUT2D eigenvalue weighted by Crippen LogP contribution is 2.15. The molecule has 0 heterocycles. The monoisotopic (exact) mass is 390 g/mol. The van der Waals surface area contributed by atoms with E-state index in [2.05, 4.69) is 13.0 Å². The Hall–Kier alpha value is -0.510. The van der Waals surface area contributed by atoms with E-state index >= 15 is 0 Å². The molecule has 0 spiro atoms. The topological polar surface area (TPSA) is 23.8 Å². The van der Waals surface area contributed by atoms with E-state index in [1.165, 1.54) is 148 Å². The van der Waals surface area contributed by atoms with Gasteiger partial charge >= 0.3 is 0 Å². The Balaban J connectivity index is 2.97. The van der Waals surface area contributed by atoms with Crippen LogP contribution in [0.15, 0.2) is 0 Å². The molecule has 0 bridgehead atoms. The Morgan fingerprint density at radius 2 is 0.679 bits per heavy atom. The number of rotatable bonds is 24. The van der Waals surface area contributed by atoms with E-state index in [0.29, 0.717) is 0 Å². The van der Waals surface area contributed by atoms with Gasteiger partial charge in [-0.25, -0.2) is 0 Å². The molecule has 0 fully saturated rings. The zero-order chi connectivity index (χ0) is 20.4. The lowest BCUT2D eigenvalue weighted by atomic mass is 10.0. The van der Waals surface area contributed by atoms with Gasteiger partial charge in [-0.05, 0) is 6.42 Å². The fourth-order valence-electron chi connectivity index (χ4n) is 4.10. The summed E-state index contributed by atoms with van der Waals surface area (Å²) in [5.41, 5.74) is 0. The largest absolute Gasteiger partial charge is 0.198 e. The SMILES string of the molecule is CCCCCCCCCCCCCCCCCCCCCCCCC[CH]C#N. The van der Waals surface area contributed by atoms with Crippen molar-refractivity contribution in [3.05, 3.63) is 6.42 Å². The molecular weight excluding hydrogens is 338 g/mol. The van der Waals surface area contributed by atoms with E-state index < -0.39 is 0 Å². The van der Waals surface area contributed by atoms with Gasteiger partial charge in [-0.1, -0.05) is 155 Å². The number of unbranched alkanes of at least 4 members (excludes halogenated alkanes) is 24. The van der Waals surface area contributed by atoms with Crippen LogP contribution in [0.5, 0.6) is 0 Å². The van der Waals surface area contributed by atoms with Gasteiger partial charge in [0.2, 0.25) is 0 Å². The molecular formula is C27H52N. The lowest BCUT2D eigenvalue weighted by molar-refractivity contribution is 0.518. The van der Waals surface area contributed by atoms with Gasteiger partial charge in [-0.2, -0.15) is 5.26 Å². The van der Waals surface area contributed by atoms with E-state index in [1.54, 1.807) is 6.42 Å². The maximum atomic E-state index is 8.44. The van der Waals surface area contributed by atoms with Crippen molar-refractivity contribution in [1.82, 2.24) is 0 Å². The van der Waals surface area contributed by atoms with Crippen molar-refractivity contribution in [1.29, 1.82) is 5.26 Å². The first-order valence-electron chi connectivity index (χ1n) is 13.1. The van der Waals surface area contributed by atoms with Crippen molar-refractivity contribution in [3.63, 3.8) is 0 Å². The van der Waals surface area contributed by atoms with Gasteiger partial charge in [0.15, 0.2) is 0 Å². The van der Waals surface area contributed by atoms with Crippen molar-refractivity contribution in [3.8, 4) is 6.07 Å². The molecule has 0 aromatic carbocycles. The second kappa shape index (κ2) is 26.5. The summed E-state index contributed by atoms with van der Waals surface area (Å²) in [4.78, 5) is 0. The van der Waals surface area contributed by atoms with Gasteiger partial charge in [0.05, 0.1) is 12.5 Å². The summed E-state index contributed by atoms with van der Waals surface area (Å²) in [7, 11) is 0. The molecule has 0 saturated carbocycles. The predicted octanol–water partition coefficient (Wildman–Crippen LogP) is 10.1. The molecule has 1 nitrogen and oxygen atoms in total. The Morgan fingerprint density at radius 3 is 0.929 bits per heavy atom. The zero-order valence-electron chi connectivity index (χ0n) is 19.5. The highest BCUT2D eigenvalue weighted by molar-refractivity contribution is 4.90. The summed E-state index contributed by atoms with van der Waals surface area (Å²) in [5.74, 6) is 0. The molecule has 28 heavy (non-hydrogen) atoms. The van der Waals surface area contributed by atoms with E-state index in [-0.39, 0.29) is 0 Å². The van der Waals surface area contributed by atoms with E-state index in [0.717, 1.165) is 6.42 Å². The van der Waals surface area contributed by atoms with Crippen LogP contribution in [0.1, 0.15) is 161 Å². The Kier molecular flexibility index (Phi) is 26.0. The van der Waals surface area contributed by atoms with Gasteiger partial charge in [0.1, 0.15) is 0 Å². The molecule has 1 heteroatoms. The summed E-state index contributed by atoms with van der Waals surface area (Å²) in [5, 5.41) is 8.44. The third-order valence-corrected chi connectivity index (χ3v) is 6.04. The molecule has 0 N–H and O–H groups in total. The van der Waals surface area contributed by atoms with Crippen LogP contribution >= 0.6 is 0 Å². The van der Waals surface area contributed by atoms with Crippen molar-refractivity contribution < 1.29 is 0 Å². The molecule has 0 saturated heterocycles. The van der Waals surface area contributed by atoms with Gasteiger partial charge in [-0.15, -0.1) is 0 Å². The molecule has 0 aromatic heterocycles. The molecule has 1 radical (unpaired) electrons. The summed E-state index contributed by atoms with van der Waals surface area (Å²) in [6.45, 7) is 2.30. The van der Waals surface area contributed by atoms with Crippen molar-refractivity contribution in [2.24, 2.45) is 0 Å². The van der Waals surface area contributed by atoms with Crippen LogP contribution < -0.4 is 0 Å². The van der Waals surface area contributed by atoms with Gasteiger partial charge in [0.25, 0.3) is 0 Å². The highest BCUT2D eigenvalue weighted by Gasteiger charge is 1.96. The predicted molar refractivity (Wildman–Crippen MR) is 126 cm³/mol. The second-order valence-corrected chi connectivity index (χ2v) is 8.90. The first-order valence-corrected chi connectivity index (χ1v) is 13.1. The molecule has 0 aliphatic heterocycles. The summed E-state index contributed by atoms with van der Waals surface area (Å²) in [6.07, 6.45) is 35.7. The molecule has 165 valence electrons.